The van der Waals surface area contributed by atoms with Crippen molar-refractivity contribution in [2.24, 2.45) is 0 Å². The van der Waals surface area contributed by atoms with Crippen LogP contribution in [0, 0.1) is 6.92 Å². The van der Waals surface area contributed by atoms with Gasteiger partial charge in [0.1, 0.15) is 4.16 Å². The number of rotatable bonds is 3. The number of alkyl halides is 1. The van der Waals surface area contributed by atoms with Crippen molar-refractivity contribution in [3.8, 4) is 0 Å². The van der Waals surface area contributed by atoms with Crippen molar-refractivity contribution in [3.63, 3.8) is 0 Å². The van der Waals surface area contributed by atoms with Crippen molar-refractivity contribution < 1.29 is 9.59 Å². The molecule has 0 bridgehead atoms. The second-order valence-electron chi connectivity index (χ2n) is 5.16. The van der Waals surface area contributed by atoms with E-state index in [1.54, 1.807) is 17.0 Å². The summed E-state index contributed by atoms with van der Waals surface area (Å²) < 4.78 is -0.375. The first-order chi connectivity index (χ1) is 11.1. The van der Waals surface area contributed by atoms with E-state index in [-0.39, 0.29) is 15.8 Å². The van der Waals surface area contributed by atoms with Crippen LogP contribution in [0.25, 0.3) is 0 Å². The number of ketones is 1. The zero-order valence-electron chi connectivity index (χ0n) is 12.4. The number of amides is 1. The molecular weight excluding hydrogens is 374 g/mol. The molecule has 1 saturated heterocycles. The van der Waals surface area contributed by atoms with Crippen molar-refractivity contribution in [2.45, 2.75) is 11.1 Å². The lowest BCUT2D eigenvalue weighted by Gasteiger charge is -2.16. The fourth-order valence-electron chi connectivity index (χ4n) is 2.26. The van der Waals surface area contributed by atoms with Gasteiger partial charge in [-0.2, -0.15) is 0 Å². The molecule has 1 aliphatic rings. The highest BCUT2D eigenvalue weighted by Gasteiger charge is 2.36. The first-order valence-electron chi connectivity index (χ1n) is 7.09. The third-order valence-corrected chi connectivity index (χ3v) is 5.37. The summed E-state index contributed by atoms with van der Waals surface area (Å²) >= 11 is 4.69. The van der Waals surface area contributed by atoms with E-state index in [2.05, 4.69) is 15.9 Å². The Labute approximate surface area is 147 Å². The van der Waals surface area contributed by atoms with Gasteiger partial charge in [-0.05, 0) is 19.1 Å². The fraction of sp³-hybridized carbons (Fsp3) is 0.111. The highest BCUT2D eigenvalue weighted by atomic mass is 79.9. The molecule has 0 aliphatic carbocycles. The number of carbonyl (C=O) groups excluding carboxylic acids is 2. The van der Waals surface area contributed by atoms with Gasteiger partial charge in [0.25, 0.3) is 5.91 Å². The van der Waals surface area contributed by atoms with Gasteiger partial charge in [-0.3, -0.25) is 14.5 Å². The Morgan fingerprint density at radius 1 is 1.13 bits per heavy atom. The number of carbonyl (C=O) groups is 2. The van der Waals surface area contributed by atoms with E-state index in [0.717, 1.165) is 11.3 Å². The second kappa shape index (κ2) is 6.72. The molecule has 0 aromatic heterocycles. The first-order valence-corrected chi connectivity index (χ1v) is 8.88. The average molecular weight is 388 g/mol. The Balaban J connectivity index is 1.94. The van der Waals surface area contributed by atoms with E-state index >= 15 is 0 Å². The molecular formula is C18H14BrNO2S. The molecule has 0 radical (unpaired) electrons. The number of halogens is 1. The number of thioether (sulfide) groups is 1. The minimum atomic E-state index is -0.375. The summed E-state index contributed by atoms with van der Waals surface area (Å²) in [6.07, 6.45) is 1.53. The van der Waals surface area contributed by atoms with E-state index in [1.807, 2.05) is 49.4 Å². The summed E-state index contributed by atoms with van der Waals surface area (Å²) in [5, 5.41) is 0.633. The smallest absolute Gasteiger partial charge is 0.256 e. The number of aryl methyl sites for hydroxylation is 1. The number of para-hydroxylation sites is 1. The zero-order valence-corrected chi connectivity index (χ0v) is 14.8. The van der Waals surface area contributed by atoms with Crippen LogP contribution >= 0.6 is 27.7 Å². The maximum absolute atomic E-state index is 12.5. The van der Waals surface area contributed by atoms with E-state index in [0.29, 0.717) is 10.6 Å². The quantitative estimate of drug-likeness (QED) is 0.441. The van der Waals surface area contributed by atoms with Gasteiger partial charge in [0, 0.05) is 17.3 Å². The number of hydrogen-bond acceptors (Lipinski definition) is 3. The molecule has 1 fully saturated rings. The van der Waals surface area contributed by atoms with Crippen LogP contribution in [-0.2, 0) is 4.79 Å². The summed E-state index contributed by atoms with van der Waals surface area (Å²) in [6, 6.07) is 16.7. The average Bonchev–Trinajstić information content (AvgIpc) is 2.83. The highest BCUT2D eigenvalue weighted by molar-refractivity contribution is 9.11. The Hall–Kier alpha value is -1.85. The monoisotopic (exact) mass is 387 g/mol. The Morgan fingerprint density at radius 3 is 2.43 bits per heavy atom. The SMILES string of the molecule is Cc1ccc(C(=O)/C=C2\SC(Br)C(=O)N2c2ccccc2)cc1. The Kier molecular flexibility index (Phi) is 4.68. The second-order valence-corrected chi connectivity index (χ2v) is 7.80. The molecule has 3 rings (SSSR count). The minimum absolute atomic E-state index is 0.0795. The number of allylic oxidation sites excluding steroid dienone is 1. The van der Waals surface area contributed by atoms with Gasteiger partial charge in [-0.25, -0.2) is 0 Å². The van der Waals surface area contributed by atoms with Crippen LogP contribution in [0.4, 0.5) is 5.69 Å². The van der Waals surface area contributed by atoms with Crippen molar-refractivity contribution in [3.05, 3.63) is 76.8 Å². The van der Waals surface area contributed by atoms with Gasteiger partial charge in [0.05, 0.1) is 5.03 Å². The van der Waals surface area contributed by atoms with Gasteiger partial charge in [0.15, 0.2) is 5.78 Å². The maximum Gasteiger partial charge on any atom is 0.256 e. The van der Waals surface area contributed by atoms with Crippen molar-refractivity contribution in [2.75, 3.05) is 4.90 Å². The third-order valence-electron chi connectivity index (χ3n) is 3.46. The number of nitrogens with zero attached hydrogens (tertiary/aromatic N) is 1. The van der Waals surface area contributed by atoms with Gasteiger partial charge in [-0.15, -0.1) is 0 Å². The van der Waals surface area contributed by atoms with E-state index in [1.165, 1.54) is 17.8 Å². The van der Waals surface area contributed by atoms with E-state index in [4.69, 9.17) is 0 Å². The first kappa shape index (κ1) is 16.0. The molecule has 2 aromatic rings. The summed E-state index contributed by atoms with van der Waals surface area (Å²) in [7, 11) is 0. The predicted molar refractivity (Wildman–Crippen MR) is 97.8 cm³/mol. The molecule has 1 atom stereocenters. The van der Waals surface area contributed by atoms with Crippen LogP contribution in [0.1, 0.15) is 15.9 Å². The molecule has 116 valence electrons. The van der Waals surface area contributed by atoms with Crippen LogP contribution in [0.3, 0.4) is 0 Å². The van der Waals surface area contributed by atoms with Crippen LogP contribution in [0.2, 0.25) is 0 Å². The standard InChI is InChI=1S/C18H14BrNO2S/c1-12-7-9-13(10-8-12)15(21)11-16-20(18(22)17(19)23-16)14-5-3-2-4-6-14/h2-11,17H,1H3/b16-11-. The van der Waals surface area contributed by atoms with Crippen molar-refractivity contribution in [1.82, 2.24) is 0 Å². The molecule has 3 nitrogen and oxygen atoms in total. The van der Waals surface area contributed by atoms with Gasteiger partial charge in [0.2, 0.25) is 0 Å². The minimum Gasteiger partial charge on any atom is -0.289 e. The highest BCUT2D eigenvalue weighted by Crippen LogP contribution is 2.41. The number of anilines is 1. The molecule has 23 heavy (non-hydrogen) atoms. The van der Waals surface area contributed by atoms with Gasteiger partial charge in [-0.1, -0.05) is 75.7 Å². The van der Waals surface area contributed by atoms with Crippen molar-refractivity contribution in [1.29, 1.82) is 0 Å². The van der Waals surface area contributed by atoms with E-state index < -0.39 is 0 Å². The molecule has 2 aromatic carbocycles. The van der Waals surface area contributed by atoms with E-state index in [9.17, 15) is 9.59 Å². The molecule has 0 N–H and O–H groups in total. The summed E-state index contributed by atoms with van der Waals surface area (Å²) in [5.74, 6) is -0.188. The molecule has 0 spiro atoms. The molecule has 1 heterocycles. The van der Waals surface area contributed by atoms with Crippen LogP contribution in [0.15, 0.2) is 65.7 Å². The summed E-state index contributed by atoms with van der Waals surface area (Å²) in [5.41, 5.74) is 2.48. The maximum atomic E-state index is 12.5. The third kappa shape index (κ3) is 3.41. The summed E-state index contributed by atoms with van der Waals surface area (Å²) in [4.78, 5) is 26.4. The lowest BCUT2D eigenvalue weighted by molar-refractivity contribution is -0.115. The van der Waals surface area contributed by atoms with Crippen molar-refractivity contribution >= 4 is 45.1 Å². The predicted octanol–water partition coefficient (Wildman–Crippen LogP) is 4.52. The zero-order chi connectivity index (χ0) is 16.4. The molecule has 1 aliphatic heterocycles. The molecule has 0 saturated carbocycles. The van der Waals surface area contributed by atoms with Crippen LogP contribution in [-0.4, -0.2) is 15.8 Å². The molecule has 1 unspecified atom stereocenters. The molecule has 1 amide bonds. The summed E-state index contributed by atoms with van der Waals surface area (Å²) in [6.45, 7) is 1.98. The Morgan fingerprint density at radius 2 is 1.78 bits per heavy atom. The van der Waals surface area contributed by atoms with Gasteiger partial charge < -0.3 is 0 Å². The normalized spacial score (nSPS) is 19.4. The lowest BCUT2D eigenvalue weighted by atomic mass is 10.1. The van der Waals surface area contributed by atoms with Crippen LogP contribution in [0.5, 0.6) is 0 Å². The number of benzene rings is 2. The largest absolute Gasteiger partial charge is 0.289 e. The molecule has 5 heteroatoms. The lowest BCUT2D eigenvalue weighted by Crippen LogP contribution is -2.26. The fourth-order valence-corrected chi connectivity index (χ4v) is 3.94. The topological polar surface area (TPSA) is 37.4 Å². The number of hydrogen-bond donors (Lipinski definition) is 0. The van der Waals surface area contributed by atoms with Gasteiger partial charge >= 0.3 is 0 Å². The van der Waals surface area contributed by atoms with Crippen LogP contribution < -0.4 is 4.90 Å². The Bertz CT molecular complexity index is 771.